The van der Waals surface area contributed by atoms with Gasteiger partial charge in [-0.1, -0.05) is 0 Å². The van der Waals surface area contributed by atoms with E-state index in [0.717, 1.165) is 0 Å². The first kappa shape index (κ1) is 22.6. The minimum absolute atomic E-state index is 0.419. The van der Waals surface area contributed by atoms with Gasteiger partial charge in [0.05, 0.1) is 13.2 Å². The zero-order valence-corrected chi connectivity index (χ0v) is 14.8. The van der Waals surface area contributed by atoms with Gasteiger partial charge in [-0.2, -0.15) is 0 Å². The molecule has 1 amide bonds. The molecule has 13 heteroatoms. The lowest BCUT2D eigenvalue weighted by Gasteiger charge is -2.46. The maximum atomic E-state index is 11.4. The first-order chi connectivity index (χ1) is 12.7. The van der Waals surface area contributed by atoms with Gasteiger partial charge in [0.1, 0.15) is 54.7 Å². The van der Waals surface area contributed by atoms with Crippen LogP contribution in [-0.4, -0.2) is 122 Å². The summed E-state index contributed by atoms with van der Waals surface area (Å²) >= 11 is 5.36. The molecule has 2 fully saturated rings. The van der Waals surface area contributed by atoms with Crippen LogP contribution in [0.5, 0.6) is 0 Å². The average Bonchev–Trinajstić information content (AvgIpc) is 2.67. The third-order valence-corrected chi connectivity index (χ3v) is 4.67. The van der Waals surface area contributed by atoms with Crippen molar-refractivity contribution in [1.29, 1.82) is 0 Å². The Morgan fingerprint density at radius 2 is 1.52 bits per heavy atom. The molecule has 27 heavy (non-hydrogen) atoms. The van der Waals surface area contributed by atoms with Crippen LogP contribution in [0.15, 0.2) is 0 Å². The second kappa shape index (κ2) is 9.71. The third kappa shape index (κ3) is 4.86. The Morgan fingerprint density at radius 3 is 2.07 bits per heavy atom. The van der Waals surface area contributed by atoms with E-state index in [1.54, 1.807) is 0 Å². The van der Waals surface area contributed by atoms with Crippen molar-refractivity contribution in [3.8, 4) is 0 Å². The van der Waals surface area contributed by atoms with Gasteiger partial charge in [-0.05, 0) is 0 Å². The van der Waals surface area contributed by atoms with E-state index in [9.17, 15) is 40.5 Å². The summed E-state index contributed by atoms with van der Waals surface area (Å²) in [6, 6.07) is 0. The molecule has 0 radical (unpaired) electrons. The summed E-state index contributed by atoms with van der Waals surface area (Å²) in [4.78, 5) is 11.4. The number of nitrogens with one attached hydrogen (secondary N) is 1. The molecule has 8 N–H and O–H groups in total. The fraction of sp³-hybridized carbons (Fsp3) is 0.929. The zero-order valence-electron chi connectivity index (χ0n) is 14.0. The van der Waals surface area contributed by atoms with Crippen molar-refractivity contribution in [3.05, 3.63) is 0 Å². The molecule has 2 aliphatic rings. The van der Waals surface area contributed by atoms with Crippen molar-refractivity contribution in [2.45, 2.75) is 61.3 Å². The predicted molar refractivity (Wildman–Crippen MR) is 85.3 cm³/mol. The number of rotatable bonds is 6. The normalized spacial score (nSPS) is 45.5. The van der Waals surface area contributed by atoms with Gasteiger partial charge in [-0.15, -0.1) is 11.6 Å². The van der Waals surface area contributed by atoms with Gasteiger partial charge in [0.15, 0.2) is 12.5 Å². The lowest BCUT2D eigenvalue weighted by atomic mass is 9.96. The maximum Gasteiger partial charge on any atom is 0.236 e. The van der Waals surface area contributed by atoms with Crippen LogP contribution in [0.3, 0.4) is 0 Å². The van der Waals surface area contributed by atoms with Gasteiger partial charge >= 0.3 is 0 Å². The van der Waals surface area contributed by atoms with E-state index in [-0.39, 0.29) is 0 Å². The highest BCUT2D eigenvalue weighted by molar-refractivity contribution is 6.27. The van der Waals surface area contributed by atoms with Gasteiger partial charge < -0.3 is 55.3 Å². The van der Waals surface area contributed by atoms with Crippen LogP contribution in [0.1, 0.15) is 0 Å². The minimum atomic E-state index is -1.75. The molecule has 12 nitrogen and oxygen atoms in total. The molecule has 10 atom stereocenters. The van der Waals surface area contributed by atoms with Crippen LogP contribution >= 0.6 is 11.6 Å². The monoisotopic (exact) mass is 417 g/mol. The van der Waals surface area contributed by atoms with Crippen LogP contribution in [0.25, 0.3) is 0 Å². The van der Waals surface area contributed by atoms with Crippen molar-refractivity contribution in [2.24, 2.45) is 0 Å². The van der Waals surface area contributed by atoms with E-state index in [2.05, 4.69) is 5.32 Å². The van der Waals surface area contributed by atoms with Crippen LogP contribution in [0.2, 0.25) is 0 Å². The molecule has 0 aromatic carbocycles. The molecule has 0 aromatic heterocycles. The van der Waals surface area contributed by atoms with Crippen molar-refractivity contribution >= 4 is 17.5 Å². The molecule has 0 aliphatic carbocycles. The number of aliphatic hydroxyl groups excluding tert-OH is 7. The van der Waals surface area contributed by atoms with Gasteiger partial charge in [0, 0.05) is 0 Å². The number of halogens is 1. The number of hydrogen-bond acceptors (Lipinski definition) is 11. The summed E-state index contributed by atoms with van der Waals surface area (Å²) in [7, 11) is 0. The topological polar surface area (TPSA) is 198 Å². The van der Waals surface area contributed by atoms with Crippen molar-refractivity contribution < 1.29 is 54.8 Å². The number of alkyl halides is 1. The van der Waals surface area contributed by atoms with Crippen molar-refractivity contribution in [3.63, 3.8) is 0 Å². The molecular weight excluding hydrogens is 394 g/mol. The van der Waals surface area contributed by atoms with Crippen LogP contribution in [0.4, 0.5) is 0 Å². The number of aliphatic hydroxyl groups is 7. The van der Waals surface area contributed by atoms with E-state index >= 15 is 0 Å². The Hall–Kier alpha value is -0.640. The molecule has 2 saturated heterocycles. The van der Waals surface area contributed by atoms with E-state index < -0.39 is 86.4 Å². The Kier molecular flexibility index (Phi) is 8.15. The maximum absolute atomic E-state index is 11.4. The fourth-order valence-corrected chi connectivity index (χ4v) is 2.98. The van der Waals surface area contributed by atoms with E-state index in [4.69, 9.17) is 25.8 Å². The van der Waals surface area contributed by atoms with Gasteiger partial charge in [-0.3, -0.25) is 4.79 Å². The molecule has 0 saturated carbocycles. The predicted octanol–water partition coefficient (Wildman–Crippen LogP) is -5.03. The molecular formula is C14H24ClNO11. The molecule has 0 aromatic rings. The first-order valence-electron chi connectivity index (χ1n) is 8.18. The van der Waals surface area contributed by atoms with Crippen molar-refractivity contribution in [1.82, 2.24) is 5.32 Å². The largest absolute Gasteiger partial charge is 0.394 e. The first-order valence-corrected chi connectivity index (χ1v) is 8.72. The average molecular weight is 418 g/mol. The Bertz CT molecular complexity index is 496. The van der Waals surface area contributed by atoms with E-state index in [1.165, 1.54) is 0 Å². The quantitative estimate of drug-likeness (QED) is 0.192. The summed E-state index contributed by atoms with van der Waals surface area (Å²) in [6.45, 7) is -1.38. The smallest absolute Gasteiger partial charge is 0.236 e. The number of hydrogen-bond donors (Lipinski definition) is 8. The number of carbonyl (C=O) groups is 1. The molecule has 2 rings (SSSR count). The molecule has 2 heterocycles. The second-order valence-electron chi connectivity index (χ2n) is 6.26. The number of carbonyl (C=O) groups excluding carboxylic acids is 1. The molecule has 0 spiro atoms. The van der Waals surface area contributed by atoms with Crippen LogP contribution in [-0.2, 0) is 19.0 Å². The summed E-state index contributed by atoms with van der Waals surface area (Å²) in [6.07, 6.45) is -15.4. The lowest BCUT2D eigenvalue weighted by molar-refractivity contribution is -0.343. The lowest BCUT2D eigenvalue weighted by Crippen LogP contribution is -2.66. The van der Waals surface area contributed by atoms with Crippen LogP contribution < -0.4 is 5.32 Å². The zero-order chi connectivity index (χ0) is 20.3. The summed E-state index contributed by atoms with van der Waals surface area (Å²) in [5.74, 6) is -1.10. The Balaban J connectivity index is 2.11. The van der Waals surface area contributed by atoms with E-state index in [1.807, 2.05) is 0 Å². The van der Waals surface area contributed by atoms with E-state index in [0.29, 0.717) is 0 Å². The summed E-state index contributed by atoms with van der Waals surface area (Å²) in [5.41, 5.74) is 0. The van der Waals surface area contributed by atoms with Gasteiger partial charge in [-0.25, -0.2) is 0 Å². The molecule has 0 bridgehead atoms. The third-order valence-electron chi connectivity index (χ3n) is 4.43. The molecule has 158 valence electrons. The number of ether oxygens (including phenoxy) is 3. The highest BCUT2D eigenvalue weighted by atomic mass is 35.5. The Morgan fingerprint density at radius 1 is 0.889 bits per heavy atom. The molecule has 0 unspecified atom stereocenters. The van der Waals surface area contributed by atoms with Crippen molar-refractivity contribution in [2.75, 3.05) is 19.1 Å². The summed E-state index contributed by atoms with van der Waals surface area (Å²) < 4.78 is 15.8. The summed E-state index contributed by atoms with van der Waals surface area (Å²) in [5, 5.41) is 70.9. The van der Waals surface area contributed by atoms with Crippen LogP contribution in [0, 0.1) is 0 Å². The second-order valence-corrected chi connectivity index (χ2v) is 6.53. The highest BCUT2D eigenvalue weighted by Crippen LogP contribution is 2.28. The SMILES string of the molecule is O=C(CCl)N[C@@H]1O[C@H](CO)[C@@H](O[C@@H]2O[C@H](CO)[C@H](O)[C@H](O)[C@H]2O)[C@H](O)[C@H]1O. The Labute approximate surface area is 158 Å². The molecule has 2 aliphatic heterocycles. The number of amides is 1. The van der Waals surface area contributed by atoms with Gasteiger partial charge in [0.25, 0.3) is 0 Å². The van der Waals surface area contributed by atoms with Gasteiger partial charge in [0.2, 0.25) is 5.91 Å². The standard InChI is InChI=1S/C14H24ClNO11/c15-1-6(19)16-13-10(23)9(22)12(5(3-18)25-13)27-14-11(24)8(21)7(20)4(2-17)26-14/h4-5,7-14,17-18,20-24H,1-3H2,(H,16,19)/t4-,5-,7+,8+,9-,10-,11-,12-,13-,14+/m1/s1. The minimum Gasteiger partial charge on any atom is -0.394 e. The highest BCUT2D eigenvalue weighted by Gasteiger charge is 2.50. The fourth-order valence-electron chi connectivity index (χ4n) is 2.91.